The summed E-state index contributed by atoms with van der Waals surface area (Å²) in [5.41, 5.74) is 2.88. The first-order chi connectivity index (χ1) is 9.38. The molecule has 2 aromatic rings. The van der Waals surface area contributed by atoms with Crippen LogP contribution in [0.4, 0.5) is 8.78 Å². The number of benzene rings is 2. The first-order valence-corrected chi connectivity index (χ1v) is 6.60. The standard InChI is InChI=1S/C18H18F2/c1-13(14-4-8-16(19)9-5-14)12-18(2,3)15-6-10-17(20)11-7-15/h4-12H,1-3H3/b13-12+. The third kappa shape index (κ3) is 3.32. The molecule has 0 spiro atoms. The maximum Gasteiger partial charge on any atom is 0.123 e. The van der Waals surface area contributed by atoms with Crippen molar-refractivity contribution in [1.82, 2.24) is 0 Å². The Labute approximate surface area is 118 Å². The van der Waals surface area contributed by atoms with Gasteiger partial charge in [-0.25, -0.2) is 8.78 Å². The van der Waals surface area contributed by atoms with Crippen LogP contribution in [0.2, 0.25) is 0 Å². The second kappa shape index (κ2) is 5.58. The van der Waals surface area contributed by atoms with Gasteiger partial charge in [0.1, 0.15) is 11.6 Å². The SMILES string of the molecule is C/C(=C\C(C)(C)c1ccc(F)cc1)c1ccc(F)cc1. The highest BCUT2D eigenvalue weighted by atomic mass is 19.1. The van der Waals surface area contributed by atoms with Crippen molar-refractivity contribution in [3.8, 4) is 0 Å². The van der Waals surface area contributed by atoms with Gasteiger partial charge in [0.2, 0.25) is 0 Å². The Morgan fingerprint density at radius 3 is 1.80 bits per heavy atom. The number of rotatable bonds is 3. The molecule has 0 N–H and O–H groups in total. The van der Waals surface area contributed by atoms with Crippen molar-refractivity contribution in [3.05, 3.63) is 77.4 Å². The molecule has 0 bridgehead atoms. The highest BCUT2D eigenvalue weighted by Crippen LogP contribution is 2.29. The summed E-state index contributed by atoms with van der Waals surface area (Å²) in [6, 6.07) is 13.0. The fraction of sp³-hybridized carbons (Fsp3) is 0.222. The summed E-state index contributed by atoms with van der Waals surface area (Å²) in [6.07, 6.45) is 2.12. The molecule has 0 saturated carbocycles. The highest BCUT2D eigenvalue weighted by molar-refractivity contribution is 5.65. The van der Waals surface area contributed by atoms with Crippen LogP contribution in [0.25, 0.3) is 5.57 Å². The van der Waals surface area contributed by atoms with Crippen LogP contribution in [0, 0.1) is 11.6 Å². The minimum absolute atomic E-state index is 0.216. The molecule has 0 fully saturated rings. The molecule has 2 heteroatoms. The Kier molecular flexibility index (Phi) is 4.03. The predicted molar refractivity (Wildman–Crippen MR) is 79.5 cm³/mol. The van der Waals surface area contributed by atoms with Crippen molar-refractivity contribution < 1.29 is 8.78 Å². The minimum atomic E-state index is -0.237. The first kappa shape index (κ1) is 14.4. The molecular formula is C18H18F2. The molecule has 0 aliphatic heterocycles. The van der Waals surface area contributed by atoms with Crippen LogP contribution in [0.15, 0.2) is 54.6 Å². The van der Waals surface area contributed by atoms with E-state index in [-0.39, 0.29) is 17.0 Å². The van der Waals surface area contributed by atoms with Crippen LogP contribution in [-0.4, -0.2) is 0 Å². The number of halogens is 2. The summed E-state index contributed by atoms with van der Waals surface area (Å²) in [7, 11) is 0. The van der Waals surface area contributed by atoms with Gasteiger partial charge < -0.3 is 0 Å². The van der Waals surface area contributed by atoms with E-state index in [2.05, 4.69) is 19.9 Å². The zero-order valence-corrected chi connectivity index (χ0v) is 12.0. The number of hydrogen-bond acceptors (Lipinski definition) is 0. The smallest absolute Gasteiger partial charge is 0.123 e. The van der Waals surface area contributed by atoms with Gasteiger partial charge >= 0.3 is 0 Å². The molecule has 2 rings (SSSR count). The van der Waals surface area contributed by atoms with E-state index in [1.807, 2.05) is 6.92 Å². The van der Waals surface area contributed by atoms with Gasteiger partial charge in [0, 0.05) is 5.41 Å². The van der Waals surface area contributed by atoms with E-state index >= 15 is 0 Å². The third-order valence-corrected chi connectivity index (χ3v) is 3.47. The lowest BCUT2D eigenvalue weighted by Gasteiger charge is -2.22. The summed E-state index contributed by atoms with van der Waals surface area (Å²) in [4.78, 5) is 0. The topological polar surface area (TPSA) is 0 Å². The molecule has 104 valence electrons. The van der Waals surface area contributed by atoms with E-state index < -0.39 is 0 Å². The molecule has 0 radical (unpaired) electrons. The van der Waals surface area contributed by atoms with E-state index in [9.17, 15) is 8.78 Å². The molecular weight excluding hydrogens is 254 g/mol. The Morgan fingerprint density at radius 1 is 0.850 bits per heavy atom. The molecule has 0 heterocycles. The van der Waals surface area contributed by atoms with Gasteiger partial charge in [0.25, 0.3) is 0 Å². The molecule has 0 nitrogen and oxygen atoms in total. The average molecular weight is 272 g/mol. The first-order valence-electron chi connectivity index (χ1n) is 6.60. The lowest BCUT2D eigenvalue weighted by molar-refractivity contribution is 0.620. The lowest BCUT2D eigenvalue weighted by atomic mass is 9.82. The fourth-order valence-electron chi connectivity index (χ4n) is 2.30. The Morgan fingerprint density at radius 2 is 1.30 bits per heavy atom. The fourth-order valence-corrected chi connectivity index (χ4v) is 2.30. The molecule has 0 amide bonds. The zero-order valence-electron chi connectivity index (χ0n) is 12.0. The zero-order chi connectivity index (χ0) is 14.8. The normalized spacial score (nSPS) is 12.6. The molecule has 2 aromatic carbocycles. The molecule has 20 heavy (non-hydrogen) atoms. The van der Waals surface area contributed by atoms with Crippen molar-refractivity contribution in [2.45, 2.75) is 26.2 Å². The van der Waals surface area contributed by atoms with E-state index in [0.29, 0.717) is 0 Å². The van der Waals surface area contributed by atoms with E-state index in [4.69, 9.17) is 0 Å². The summed E-state index contributed by atoms with van der Waals surface area (Å²) < 4.78 is 25.9. The van der Waals surface area contributed by atoms with Crippen LogP contribution >= 0.6 is 0 Å². The second-order valence-corrected chi connectivity index (χ2v) is 5.56. The Balaban J connectivity index is 2.31. The van der Waals surface area contributed by atoms with Gasteiger partial charge in [0.05, 0.1) is 0 Å². The van der Waals surface area contributed by atoms with Gasteiger partial charge in [-0.2, -0.15) is 0 Å². The van der Waals surface area contributed by atoms with Crippen LogP contribution < -0.4 is 0 Å². The Bertz CT molecular complexity index is 605. The quantitative estimate of drug-likeness (QED) is 0.707. The van der Waals surface area contributed by atoms with E-state index in [0.717, 1.165) is 16.7 Å². The molecule has 0 saturated heterocycles. The minimum Gasteiger partial charge on any atom is -0.207 e. The van der Waals surface area contributed by atoms with Crippen LogP contribution in [0.3, 0.4) is 0 Å². The predicted octanol–water partition coefficient (Wildman–Crippen LogP) is 5.35. The van der Waals surface area contributed by atoms with E-state index in [1.165, 1.54) is 24.3 Å². The summed E-state index contributed by atoms with van der Waals surface area (Å²) in [6.45, 7) is 6.15. The molecule has 0 aromatic heterocycles. The molecule has 0 unspecified atom stereocenters. The van der Waals surface area contributed by atoms with Gasteiger partial charge in [-0.15, -0.1) is 0 Å². The third-order valence-electron chi connectivity index (χ3n) is 3.47. The summed E-state index contributed by atoms with van der Waals surface area (Å²) >= 11 is 0. The van der Waals surface area contributed by atoms with Crippen molar-refractivity contribution in [3.63, 3.8) is 0 Å². The summed E-state index contributed by atoms with van der Waals surface area (Å²) in [5.74, 6) is -0.469. The highest BCUT2D eigenvalue weighted by Gasteiger charge is 2.18. The second-order valence-electron chi connectivity index (χ2n) is 5.56. The van der Waals surface area contributed by atoms with Gasteiger partial charge in [-0.05, 0) is 47.9 Å². The largest absolute Gasteiger partial charge is 0.207 e. The van der Waals surface area contributed by atoms with Crippen molar-refractivity contribution in [2.24, 2.45) is 0 Å². The maximum atomic E-state index is 13.0. The van der Waals surface area contributed by atoms with Gasteiger partial charge in [-0.1, -0.05) is 44.2 Å². The van der Waals surface area contributed by atoms with Crippen molar-refractivity contribution in [1.29, 1.82) is 0 Å². The lowest BCUT2D eigenvalue weighted by Crippen LogP contribution is -2.14. The Hall–Kier alpha value is -1.96. The number of hydrogen-bond donors (Lipinski definition) is 0. The van der Waals surface area contributed by atoms with Gasteiger partial charge in [0.15, 0.2) is 0 Å². The molecule has 0 atom stereocenters. The maximum absolute atomic E-state index is 13.0. The average Bonchev–Trinajstić information content (AvgIpc) is 2.39. The van der Waals surface area contributed by atoms with E-state index in [1.54, 1.807) is 24.3 Å². The van der Waals surface area contributed by atoms with Crippen LogP contribution in [-0.2, 0) is 5.41 Å². The molecule has 0 aliphatic rings. The van der Waals surface area contributed by atoms with Crippen LogP contribution in [0.5, 0.6) is 0 Å². The number of allylic oxidation sites excluding steroid dienone is 2. The van der Waals surface area contributed by atoms with Crippen LogP contribution in [0.1, 0.15) is 31.9 Å². The van der Waals surface area contributed by atoms with Crippen molar-refractivity contribution >= 4 is 5.57 Å². The van der Waals surface area contributed by atoms with Crippen molar-refractivity contribution in [2.75, 3.05) is 0 Å². The van der Waals surface area contributed by atoms with Gasteiger partial charge in [-0.3, -0.25) is 0 Å². The monoisotopic (exact) mass is 272 g/mol. The molecule has 0 aliphatic carbocycles. The summed E-state index contributed by atoms with van der Waals surface area (Å²) in [5, 5.41) is 0.